The molecule has 0 saturated carbocycles. The van der Waals surface area contributed by atoms with Crippen molar-refractivity contribution in [3.05, 3.63) is 109 Å². The van der Waals surface area contributed by atoms with Gasteiger partial charge >= 0.3 is 0 Å². The monoisotopic (exact) mass is 471 g/mol. The number of fused-ring (bicyclic) bond motifs is 3. The van der Waals surface area contributed by atoms with E-state index in [0.29, 0.717) is 22.8 Å². The van der Waals surface area contributed by atoms with E-state index in [1.54, 1.807) is 24.3 Å². The van der Waals surface area contributed by atoms with Crippen molar-refractivity contribution in [3.63, 3.8) is 0 Å². The van der Waals surface area contributed by atoms with Gasteiger partial charge in [0.1, 0.15) is 23.3 Å². The molecule has 0 aliphatic carbocycles. The second-order valence-corrected chi connectivity index (χ2v) is 8.32. The maximum atomic E-state index is 12.6. The Kier molecular flexibility index (Phi) is 5.27. The van der Waals surface area contributed by atoms with Gasteiger partial charge in [-0.25, -0.2) is 9.97 Å². The van der Waals surface area contributed by atoms with E-state index in [1.165, 1.54) is 6.33 Å². The van der Waals surface area contributed by atoms with Crippen LogP contribution in [0, 0.1) is 0 Å². The van der Waals surface area contributed by atoms with Crippen molar-refractivity contribution in [2.75, 3.05) is 16.4 Å². The Morgan fingerprint density at radius 2 is 1.56 bits per heavy atom. The molecule has 6 rings (SSSR count). The predicted octanol–water partition coefficient (Wildman–Crippen LogP) is 6.62. The number of para-hydroxylation sites is 3. The summed E-state index contributed by atoms with van der Waals surface area (Å²) in [7, 11) is 0. The summed E-state index contributed by atoms with van der Waals surface area (Å²) in [5.41, 5.74) is 11.4. The molecule has 0 radical (unpaired) electrons. The molecule has 7 heteroatoms. The molecule has 2 heterocycles. The van der Waals surface area contributed by atoms with E-state index in [0.717, 1.165) is 38.9 Å². The Bertz CT molecular complexity index is 1740. The summed E-state index contributed by atoms with van der Waals surface area (Å²) < 4.78 is 6.16. The van der Waals surface area contributed by atoms with Crippen molar-refractivity contribution in [2.45, 2.75) is 0 Å². The van der Waals surface area contributed by atoms with Crippen LogP contribution in [0.25, 0.3) is 33.2 Å². The van der Waals surface area contributed by atoms with Gasteiger partial charge in [-0.2, -0.15) is 0 Å². The molecule has 0 fully saturated rings. The van der Waals surface area contributed by atoms with Crippen molar-refractivity contribution in [2.24, 2.45) is 0 Å². The van der Waals surface area contributed by atoms with E-state index in [4.69, 9.17) is 10.2 Å². The maximum Gasteiger partial charge on any atom is 0.257 e. The van der Waals surface area contributed by atoms with Gasteiger partial charge in [-0.15, -0.1) is 0 Å². The molecule has 174 valence electrons. The lowest BCUT2D eigenvalue weighted by atomic mass is 10.1. The SMILES string of the molecule is Nc1ccccc1C(=O)Nc1cccc(Nc2cc(-c3cccc4c3oc3ccccc34)ncn2)c1. The molecule has 6 aromatic rings. The highest BCUT2D eigenvalue weighted by atomic mass is 16.3. The first-order valence-electron chi connectivity index (χ1n) is 11.4. The Morgan fingerprint density at radius 3 is 2.47 bits per heavy atom. The highest BCUT2D eigenvalue weighted by Gasteiger charge is 2.14. The minimum Gasteiger partial charge on any atom is -0.455 e. The molecule has 2 aromatic heterocycles. The number of nitrogens with zero attached hydrogens (tertiary/aromatic N) is 2. The van der Waals surface area contributed by atoms with E-state index in [2.05, 4.69) is 26.7 Å². The number of nitrogens with one attached hydrogen (secondary N) is 2. The zero-order chi connectivity index (χ0) is 24.5. The normalized spacial score (nSPS) is 11.0. The summed E-state index contributed by atoms with van der Waals surface area (Å²) in [5, 5.41) is 8.29. The molecule has 0 aliphatic heterocycles. The average Bonchev–Trinajstić information content (AvgIpc) is 3.28. The topological polar surface area (TPSA) is 106 Å². The number of furan rings is 1. The summed E-state index contributed by atoms with van der Waals surface area (Å²) in [6.07, 6.45) is 1.52. The van der Waals surface area contributed by atoms with E-state index < -0.39 is 0 Å². The van der Waals surface area contributed by atoms with Crippen LogP contribution in [0.2, 0.25) is 0 Å². The zero-order valence-corrected chi connectivity index (χ0v) is 19.1. The highest BCUT2D eigenvalue weighted by Crippen LogP contribution is 2.35. The Balaban J connectivity index is 1.28. The summed E-state index contributed by atoms with van der Waals surface area (Å²) in [5.74, 6) is 0.345. The number of hydrogen-bond acceptors (Lipinski definition) is 6. The minimum absolute atomic E-state index is 0.270. The Hall–Kier alpha value is -5.17. The first kappa shape index (κ1) is 21.4. The van der Waals surface area contributed by atoms with Gasteiger partial charge in [0.15, 0.2) is 0 Å². The van der Waals surface area contributed by atoms with Crippen molar-refractivity contribution < 1.29 is 9.21 Å². The first-order chi connectivity index (χ1) is 17.7. The number of rotatable bonds is 5. The Labute approximate surface area is 206 Å². The van der Waals surface area contributed by atoms with Gasteiger partial charge in [0.05, 0.1) is 11.3 Å². The van der Waals surface area contributed by atoms with E-state index in [9.17, 15) is 4.79 Å². The first-order valence-corrected chi connectivity index (χ1v) is 11.4. The number of nitrogen functional groups attached to an aromatic ring is 1. The van der Waals surface area contributed by atoms with Gasteiger partial charge in [-0.05, 0) is 42.5 Å². The highest BCUT2D eigenvalue weighted by molar-refractivity contribution is 6.09. The number of anilines is 4. The fourth-order valence-corrected chi connectivity index (χ4v) is 4.25. The van der Waals surface area contributed by atoms with Crippen LogP contribution in [0.3, 0.4) is 0 Å². The zero-order valence-electron chi connectivity index (χ0n) is 19.1. The van der Waals surface area contributed by atoms with E-state index in [-0.39, 0.29) is 5.91 Å². The van der Waals surface area contributed by atoms with Crippen molar-refractivity contribution >= 4 is 50.7 Å². The standard InChI is InChI=1S/C29H21N5O2/c30-24-13-3-1-10-22(24)29(35)34-19-8-5-7-18(15-19)33-27-16-25(31-17-32-27)23-12-6-11-21-20-9-2-4-14-26(20)36-28(21)23/h1-17H,30H2,(H,34,35)(H,31,32,33). The van der Waals surface area contributed by atoms with Crippen molar-refractivity contribution in [1.82, 2.24) is 9.97 Å². The molecule has 0 saturated heterocycles. The van der Waals surface area contributed by atoms with Gasteiger partial charge in [0.2, 0.25) is 0 Å². The van der Waals surface area contributed by atoms with Crippen LogP contribution < -0.4 is 16.4 Å². The van der Waals surface area contributed by atoms with Gasteiger partial charge in [0, 0.05) is 39.5 Å². The molecular weight excluding hydrogens is 450 g/mol. The third-order valence-electron chi connectivity index (χ3n) is 5.95. The molecule has 4 aromatic carbocycles. The van der Waals surface area contributed by atoms with E-state index >= 15 is 0 Å². The van der Waals surface area contributed by atoms with Gasteiger partial charge in [0.25, 0.3) is 5.91 Å². The molecule has 0 bridgehead atoms. The second kappa shape index (κ2) is 8.88. The van der Waals surface area contributed by atoms with Crippen LogP contribution in [-0.2, 0) is 0 Å². The van der Waals surface area contributed by atoms with Crippen LogP contribution in [-0.4, -0.2) is 15.9 Å². The minimum atomic E-state index is -0.270. The fourth-order valence-electron chi connectivity index (χ4n) is 4.25. The molecule has 0 aliphatic rings. The van der Waals surface area contributed by atoms with Crippen LogP contribution in [0.5, 0.6) is 0 Å². The van der Waals surface area contributed by atoms with Crippen LogP contribution in [0.1, 0.15) is 10.4 Å². The van der Waals surface area contributed by atoms with Crippen LogP contribution in [0.15, 0.2) is 108 Å². The van der Waals surface area contributed by atoms with Crippen molar-refractivity contribution in [1.29, 1.82) is 0 Å². The number of nitrogens with two attached hydrogens (primary N) is 1. The summed E-state index contributed by atoms with van der Waals surface area (Å²) in [4.78, 5) is 21.5. The van der Waals surface area contributed by atoms with Gasteiger partial charge in [-0.3, -0.25) is 4.79 Å². The lowest BCUT2D eigenvalue weighted by Crippen LogP contribution is -2.13. The number of hydrogen-bond donors (Lipinski definition) is 3. The number of benzene rings is 4. The molecule has 36 heavy (non-hydrogen) atoms. The quantitative estimate of drug-likeness (QED) is 0.244. The van der Waals surface area contributed by atoms with Crippen LogP contribution >= 0.6 is 0 Å². The number of carbonyl (C=O) groups excluding carboxylic acids is 1. The largest absolute Gasteiger partial charge is 0.455 e. The third-order valence-corrected chi connectivity index (χ3v) is 5.95. The molecule has 4 N–H and O–H groups in total. The molecule has 7 nitrogen and oxygen atoms in total. The fraction of sp³-hybridized carbons (Fsp3) is 0. The van der Waals surface area contributed by atoms with Crippen molar-refractivity contribution in [3.8, 4) is 11.3 Å². The summed E-state index contributed by atoms with van der Waals surface area (Å²) in [6, 6.07) is 30.2. The number of amides is 1. The maximum absolute atomic E-state index is 12.6. The number of aromatic nitrogens is 2. The third kappa shape index (κ3) is 3.99. The van der Waals surface area contributed by atoms with E-state index in [1.807, 2.05) is 66.7 Å². The molecular formula is C29H21N5O2. The molecule has 0 spiro atoms. The lowest BCUT2D eigenvalue weighted by molar-refractivity contribution is 0.102. The second-order valence-electron chi connectivity index (χ2n) is 8.32. The van der Waals surface area contributed by atoms with Gasteiger partial charge < -0.3 is 20.8 Å². The predicted molar refractivity (Wildman–Crippen MR) is 143 cm³/mol. The lowest BCUT2D eigenvalue weighted by Gasteiger charge is -2.11. The molecule has 0 unspecified atom stereocenters. The molecule has 0 atom stereocenters. The number of carbonyl (C=O) groups is 1. The summed E-state index contributed by atoms with van der Waals surface area (Å²) in [6.45, 7) is 0. The van der Waals surface area contributed by atoms with Crippen LogP contribution in [0.4, 0.5) is 22.9 Å². The van der Waals surface area contributed by atoms with Gasteiger partial charge in [-0.1, -0.05) is 48.5 Å². The summed E-state index contributed by atoms with van der Waals surface area (Å²) >= 11 is 0. The Morgan fingerprint density at radius 1 is 0.778 bits per heavy atom. The molecule has 1 amide bonds. The average molecular weight is 472 g/mol. The smallest absolute Gasteiger partial charge is 0.257 e.